The number of amides is 1. The van der Waals surface area contributed by atoms with E-state index >= 15 is 0 Å². The molecule has 3 aromatic rings. The number of aromatic nitrogens is 1. The third kappa shape index (κ3) is 4.93. The topological polar surface area (TPSA) is 60.3 Å². The Bertz CT molecular complexity index is 1040. The average molecular weight is 390 g/mol. The molecule has 0 fully saturated rings. The number of ether oxygens (including phenoxy) is 1. The first-order chi connectivity index (χ1) is 13.8. The Labute approximate surface area is 171 Å². The predicted molar refractivity (Wildman–Crippen MR) is 114 cm³/mol. The van der Waals surface area contributed by atoms with E-state index in [1.807, 2.05) is 82.3 Å². The second-order valence-corrected chi connectivity index (χ2v) is 7.30. The summed E-state index contributed by atoms with van der Waals surface area (Å²) in [4.78, 5) is 24.7. The molecule has 0 saturated carbocycles. The maximum Gasteiger partial charge on any atom is 0.340 e. The van der Waals surface area contributed by atoms with Gasteiger partial charge in [-0.15, -0.1) is 0 Å². The predicted octanol–water partition coefficient (Wildman–Crippen LogP) is 4.57. The van der Waals surface area contributed by atoms with Gasteiger partial charge in [0.1, 0.15) is 0 Å². The second kappa shape index (κ2) is 8.78. The summed E-state index contributed by atoms with van der Waals surface area (Å²) < 4.78 is 7.33. The van der Waals surface area contributed by atoms with E-state index in [0.717, 1.165) is 33.8 Å². The van der Waals surface area contributed by atoms with Crippen LogP contribution >= 0.6 is 0 Å². The lowest BCUT2D eigenvalue weighted by molar-refractivity contribution is -0.119. The van der Waals surface area contributed by atoms with E-state index in [2.05, 4.69) is 9.88 Å². The van der Waals surface area contributed by atoms with Crippen LogP contribution in [0.15, 0.2) is 54.6 Å². The SMILES string of the molecule is Cc1ccc(NC(=O)COC(=O)c2cc(C)n(Cc3ccccc3)c2C)c(C)c1. The molecule has 1 heterocycles. The number of anilines is 1. The molecule has 0 bridgehead atoms. The molecule has 0 aliphatic carbocycles. The van der Waals surface area contributed by atoms with Crippen LogP contribution in [0.5, 0.6) is 0 Å². The zero-order valence-corrected chi connectivity index (χ0v) is 17.3. The number of hydrogen-bond donors (Lipinski definition) is 1. The molecular weight excluding hydrogens is 364 g/mol. The van der Waals surface area contributed by atoms with E-state index in [0.29, 0.717) is 12.1 Å². The van der Waals surface area contributed by atoms with Crippen molar-refractivity contribution in [1.29, 1.82) is 0 Å². The summed E-state index contributed by atoms with van der Waals surface area (Å²) in [5, 5.41) is 2.79. The number of aryl methyl sites for hydroxylation is 3. The molecule has 1 N–H and O–H groups in total. The van der Waals surface area contributed by atoms with E-state index in [9.17, 15) is 9.59 Å². The van der Waals surface area contributed by atoms with Crippen LogP contribution in [-0.4, -0.2) is 23.1 Å². The van der Waals surface area contributed by atoms with Crippen LogP contribution in [-0.2, 0) is 16.1 Å². The minimum Gasteiger partial charge on any atom is -0.452 e. The van der Waals surface area contributed by atoms with Gasteiger partial charge in [0, 0.05) is 23.6 Å². The van der Waals surface area contributed by atoms with E-state index in [-0.39, 0.29) is 12.5 Å². The van der Waals surface area contributed by atoms with Crippen molar-refractivity contribution < 1.29 is 14.3 Å². The third-order valence-electron chi connectivity index (χ3n) is 4.97. The summed E-state index contributed by atoms with van der Waals surface area (Å²) in [7, 11) is 0. The molecule has 0 unspecified atom stereocenters. The molecule has 29 heavy (non-hydrogen) atoms. The van der Waals surface area contributed by atoms with E-state index in [1.165, 1.54) is 0 Å². The van der Waals surface area contributed by atoms with Crippen LogP contribution in [0.4, 0.5) is 5.69 Å². The lowest BCUT2D eigenvalue weighted by Crippen LogP contribution is -2.21. The van der Waals surface area contributed by atoms with Crippen LogP contribution < -0.4 is 5.32 Å². The second-order valence-electron chi connectivity index (χ2n) is 7.30. The molecule has 2 aromatic carbocycles. The number of carbonyl (C=O) groups excluding carboxylic acids is 2. The minimum absolute atomic E-state index is 0.325. The fraction of sp³-hybridized carbons (Fsp3) is 0.250. The van der Waals surface area contributed by atoms with Gasteiger partial charge < -0.3 is 14.6 Å². The fourth-order valence-electron chi connectivity index (χ4n) is 3.37. The third-order valence-corrected chi connectivity index (χ3v) is 4.97. The Balaban J connectivity index is 1.63. The number of rotatable bonds is 6. The Morgan fingerprint density at radius 1 is 0.966 bits per heavy atom. The number of hydrogen-bond acceptors (Lipinski definition) is 3. The monoisotopic (exact) mass is 390 g/mol. The van der Waals surface area contributed by atoms with Gasteiger partial charge in [-0.2, -0.15) is 0 Å². The van der Waals surface area contributed by atoms with Crippen molar-refractivity contribution >= 4 is 17.6 Å². The molecule has 0 saturated heterocycles. The number of carbonyl (C=O) groups is 2. The van der Waals surface area contributed by atoms with E-state index in [1.54, 1.807) is 0 Å². The van der Waals surface area contributed by atoms with Crippen LogP contribution in [0.1, 0.15) is 38.4 Å². The Kier molecular flexibility index (Phi) is 6.17. The van der Waals surface area contributed by atoms with Crippen molar-refractivity contribution in [3.8, 4) is 0 Å². The highest BCUT2D eigenvalue weighted by Gasteiger charge is 2.18. The highest BCUT2D eigenvalue weighted by molar-refractivity contribution is 5.96. The summed E-state index contributed by atoms with van der Waals surface area (Å²) in [6.45, 7) is 8.13. The van der Waals surface area contributed by atoms with E-state index < -0.39 is 5.97 Å². The standard InChI is InChI=1S/C24H26N2O3/c1-16-10-11-22(17(2)12-16)25-23(27)15-29-24(28)21-13-18(3)26(19(21)4)14-20-8-6-5-7-9-20/h5-13H,14-15H2,1-4H3,(H,25,27). The van der Waals surface area contributed by atoms with Crippen molar-refractivity contribution in [3.63, 3.8) is 0 Å². The van der Waals surface area contributed by atoms with E-state index in [4.69, 9.17) is 4.74 Å². The number of esters is 1. The molecule has 5 heteroatoms. The van der Waals surface area contributed by atoms with Gasteiger partial charge in [0.15, 0.2) is 6.61 Å². The summed E-state index contributed by atoms with van der Waals surface area (Å²) in [5.74, 6) is -0.850. The molecule has 1 amide bonds. The molecule has 3 rings (SSSR count). The van der Waals surface area contributed by atoms with Gasteiger partial charge in [0.05, 0.1) is 5.56 Å². The minimum atomic E-state index is -0.492. The van der Waals surface area contributed by atoms with Crippen LogP contribution in [0.3, 0.4) is 0 Å². The van der Waals surface area contributed by atoms with Gasteiger partial charge >= 0.3 is 5.97 Å². The van der Waals surface area contributed by atoms with Gasteiger partial charge in [-0.25, -0.2) is 4.79 Å². The first-order valence-corrected chi connectivity index (χ1v) is 9.60. The summed E-state index contributed by atoms with van der Waals surface area (Å²) in [6, 6.07) is 17.6. The fourth-order valence-corrected chi connectivity index (χ4v) is 3.37. The Hall–Kier alpha value is -3.34. The highest BCUT2D eigenvalue weighted by Crippen LogP contribution is 2.19. The normalized spacial score (nSPS) is 10.6. The van der Waals surface area contributed by atoms with Crippen molar-refractivity contribution in [2.75, 3.05) is 11.9 Å². The first-order valence-electron chi connectivity index (χ1n) is 9.60. The molecule has 0 atom stereocenters. The molecule has 0 spiro atoms. The van der Waals surface area contributed by atoms with Gasteiger partial charge in [0.25, 0.3) is 5.91 Å². The van der Waals surface area contributed by atoms with Crippen LogP contribution in [0.2, 0.25) is 0 Å². The van der Waals surface area contributed by atoms with Crippen LogP contribution in [0, 0.1) is 27.7 Å². The number of nitrogens with zero attached hydrogens (tertiary/aromatic N) is 1. The lowest BCUT2D eigenvalue weighted by atomic mass is 10.1. The Morgan fingerprint density at radius 3 is 2.38 bits per heavy atom. The zero-order valence-electron chi connectivity index (χ0n) is 17.3. The Morgan fingerprint density at radius 2 is 1.69 bits per heavy atom. The summed E-state index contributed by atoms with van der Waals surface area (Å²) in [6.07, 6.45) is 0. The molecule has 1 aromatic heterocycles. The number of benzene rings is 2. The van der Waals surface area contributed by atoms with Crippen molar-refractivity contribution in [2.24, 2.45) is 0 Å². The zero-order chi connectivity index (χ0) is 21.0. The lowest BCUT2D eigenvalue weighted by Gasteiger charge is -2.11. The maximum absolute atomic E-state index is 12.5. The molecule has 150 valence electrons. The molecule has 5 nitrogen and oxygen atoms in total. The molecule has 0 aliphatic heterocycles. The smallest absolute Gasteiger partial charge is 0.340 e. The highest BCUT2D eigenvalue weighted by atomic mass is 16.5. The van der Waals surface area contributed by atoms with Gasteiger partial charge in [0.2, 0.25) is 0 Å². The van der Waals surface area contributed by atoms with Gasteiger partial charge in [-0.1, -0.05) is 48.0 Å². The maximum atomic E-state index is 12.5. The largest absolute Gasteiger partial charge is 0.452 e. The number of nitrogens with one attached hydrogen (secondary N) is 1. The summed E-state index contributed by atoms with van der Waals surface area (Å²) in [5.41, 5.74) is 6.24. The quantitative estimate of drug-likeness (QED) is 0.628. The summed E-state index contributed by atoms with van der Waals surface area (Å²) >= 11 is 0. The molecule has 0 radical (unpaired) electrons. The van der Waals surface area contributed by atoms with Gasteiger partial charge in [-0.05, 0) is 51.0 Å². The molecule has 0 aliphatic rings. The van der Waals surface area contributed by atoms with Gasteiger partial charge in [-0.3, -0.25) is 4.79 Å². The molecular formula is C24H26N2O3. The van der Waals surface area contributed by atoms with Crippen molar-refractivity contribution in [1.82, 2.24) is 4.57 Å². The van der Waals surface area contributed by atoms with Crippen LogP contribution in [0.25, 0.3) is 0 Å². The van der Waals surface area contributed by atoms with Crippen molar-refractivity contribution in [2.45, 2.75) is 34.2 Å². The average Bonchev–Trinajstić information content (AvgIpc) is 2.97. The van der Waals surface area contributed by atoms with Crippen molar-refractivity contribution in [3.05, 3.63) is 88.2 Å². The first kappa shape index (κ1) is 20.4.